The van der Waals surface area contributed by atoms with E-state index in [1.165, 1.54) is 12.8 Å². The Bertz CT molecular complexity index is 1350. The summed E-state index contributed by atoms with van der Waals surface area (Å²) >= 11 is 0. The Hall–Kier alpha value is -1.58. The molecule has 3 aliphatic heterocycles. The molecule has 9 nitrogen and oxygen atoms in total. The Balaban J connectivity index is 1.02. The zero-order valence-corrected chi connectivity index (χ0v) is 31.9. The summed E-state index contributed by atoms with van der Waals surface area (Å²) in [6, 6.07) is 0.245. The number of hydrogen-bond acceptors (Lipinski definition) is 7. The fourth-order valence-electron chi connectivity index (χ4n) is 14.3. The summed E-state index contributed by atoms with van der Waals surface area (Å²) in [6.07, 6.45) is 8.05. The topological polar surface area (TPSA) is 91.8 Å². The molecule has 9 heteroatoms. The third kappa shape index (κ3) is 4.52. The largest absolute Gasteiger partial charge is 0.446 e. The highest BCUT2D eigenvalue weighted by atomic mass is 16.6. The van der Waals surface area contributed by atoms with E-state index in [1.807, 2.05) is 11.9 Å². The highest BCUT2D eigenvalue weighted by Crippen LogP contribution is 2.89. The lowest BCUT2D eigenvalue weighted by atomic mass is 9.41. The molecule has 8 fully saturated rings. The number of ether oxygens (including phenoxy) is 3. The van der Waals surface area contributed by atoms with Crippen LogP contribution in [0, 0.1) is 56.7 Å². The van der Waals surface area contributed by atoms with Crippen molar-refractivity contribution in [3.05, 3.63) is 0 Å². The fourth-order valence-corrected chi connectivity index (χ4v) is 14.3. The van der Waals surface area contributed by atoms with Crippen molar-refractivity contribution in [3.63, 3.8) is 0 Å². The number of carbonyl (C=O) groups excluding carboxylic acids is 2. The van der Waals surface area contributed by atoms with Crippen LogP contribution in [0.4, 0.5) is 9.59 Å². The average Bonchev–Trinajstić information content (AvgIpc) is 3.63. The van der Waals surface area contributed by atoms with Crippen LogP contribution in [0.3, 0.4) is 0 Å². The molecule has 3 saturated heterocycles. The van der Waals surface area contributed by atoms with Crippen molar-refractivity contribution in [1.29, 1.82) is 0 Å². The molecule has 0 aromatic carbocycles. The smallest absolute Gasteiger partial charge is 0.410 e. The van der Waals surface area contributed by atoms with Gasteiger partial charge in [-0.15, -0.1) is 0 Å². The number of amides is 2. The zero-order valence-electron chi connectivity index (χ0n) is 31.9. The Labute approximate surface area is 295 Å². The third-order valence-electron chi connectivity index (χ3n) is 17.3. The van der Waals surface area contributed by atoms with Gasteiger partial charge in [-0.25, -0.2) is 9.59 Å². The molecule has 0 aromatic heterocycles. The summed E-state index contributed by atoms with van der Waals surface area (Å²) in [5.41, 5.74) is 0.164. The molecule has 49 heavy (non-hydrogen) atoms. The highest BCUT2D eigenvalue weighted by molar-refractivity contribution is 5.69. The van der Waals surface area contributed by atoms with E-state index in [4.69, 9.17) is 14.2 Å². The molecule has 13 atom stereocenters. The summed E-state index contributed by atoms with van der Waals surface area (Å²) in [4.78, 5) is 32.1. The van der Waals surface area contributed by atoms with E-state index in [-0.39, 0.29) is 81.6 Å². The van der Waals surface area contributed by atoms with E-state index >= 15 is 0 Å². The van der Waals surface area contributed by atoms with Gasteiger partial charge in [-0.1, -0.05) is 48.5 Å². The van der Waals surface area contributed by atoms with E-state index in [0.29, 0.717) is 17.8 Å². The lowest BCUT2D eigenvalue weighted by Crippen LogP contribution is -2.61. The van der Waals surface area contributed by atoms with Gasteiger partial charge >= 0.3 is 12.2 Å². The van der Waals surface area contributed by atoms with Gasteiger partial charge in [-0.2, -0.15) is 0 Å². The van der Waals surface area contributed by atoms with Crippen LogP contribution in [-0.4, -0.2) is 109 Å². The molecule has 0 bridgehead atoms. The first-order chi connectivity index (χ1) is 23.0. The minimum absolute atomic E-state index is 0.0158. The minimum Gasteiger partial charge on any atom is -0.446 e. The first kappa shape index (κ1) is 34.5. The first-order valence-electron chi connectivity index (χ1n) is 19.9. The third-order valence-corrected chi connectivity index (χ3v) is 17.3. The van der Waals surface area contributed by atoms with E-state index in [0.717, 1.165) is 71.1 Å². The summed E-state index contributed by atoms with van der Waals surface area (Å²) in [5, 5.41) is 12.7. The number of rotatable bonds is 5. The van der Waals surface area contributed by atoms with Crippen LogP contribution in [0.5, 0.6) is 0 Å². The molecule has 0 aromatic rings. The Morgan fingerprint density at radius 2 is 1.65 bits per heavy atom. The van der Waals surface area contributed by atoms with Crippen molar-refractivity contribution < 1.29 is 28.9 Å². The van der Waals surface area contributed by atoms with Crippen molar-refractivity contribution in [2.75, 3.05) is 40.3 Å². The normalized spacial score (nSPS) is 48.8. The standard InChI is InChI=1S/C40H65N3O6/c1-23(2)31(49-35(46)43-17-10-18-43)26-19-24(3)30-32(47-26)33(44)38(7)28-12-11-27-36(4,5)29(48-34(45)42(9)25-20-41(8)21-25)13-14-39(27)22-40(28,39)16-15-37(30,38)6/h23-33,44H,10-22H2,1-9H3/t24-,26?,27+,28?,29+,30+,31-,32?,33+,37-,38-,39-,40+/m1/s1. The quantitative estimate of drug-likeness (QED) is 0.358. The predicted octanol–water partition coefficient (Wildman–Crippen LogP) is 6.42. The van der Waals surface area contributed by atoms with Gasteiger partial charge in [0.05, 0.1) is 24.4 Å². The Morgan fingerprint density at radius 3 is 2.29 bits per heavy atom. The van der Waals surface area contributed by atoms with Crippen molar-refractivity contribution in [3.8, 4) is 0 Å². The number of aliphatic hydroxyl groups is 1. The van der Waals surface area contributed by atoms with Crippen LogP contribution in [0.25, 0.3) is 0 Å². The van der Waals surface area contributed by atoms with Crippen molar-refractivity contribution in [2.45, 2.75) is 143 Å². The molecule has 0 radical (unpaired) electrons. The van der Waals surface area contributed by atoms with Gasteiger partial charge in [0.1, 0.15) is 12.2 Å². The van der Waals surface area contributed by atoms with Crippen LogP contribution in [-0.2, 0) is 14.2 Å². The minimum atomic E-state index is -0.547. The molecule has 5 saturated carbocycles. The van der Waals surface area contributed by atoms with Crippen molar-refractivity contribution >= 4 is 12.2 Å². The number of likely N-dealkylation sites (tertiary alicyclic amines) is 2. The first-order valence-corrected chi connectivity index (χ1v) is 19.9. The number of nitrogens with zero attached hydrogens (tertiary/aromatic N) is 3. The van der Waals surface area contributed by atoms with Gasteiger partial charge in [-0.3, -0.25) is 0 Å². The molecule has 2 spiro atoms. The number of aliphatic hydroxyl groups excluding tert-OH is 1. The Morgan fingerprint density at radius 1 is 0.980 bits per heavy atom. The second kappa shape index (κ2) is 11.2. The number of fused-ring (bicyclic) bond motifs is 4. The lowest BCUT2D eigenvalue weighted by molar-refractivity contribution is -0.185. The van der Waals surface area contributed by atoms with Crippen LogP contribution >= 0.6 is 0 Å². The van der Waals surface area contributed by atoms with Gasteiger partial charge in [0, 0.05) is 44.1 Å². The van der Waals surface area contributed by atoms with Gasteiger partial charge < -0.3 is 34.0 Å². The molecule has 8 rings (SSSR count). The summed E-state index contributed by atoms with van der Waals surface area (Å²) in [6.45, 7) is 19.7. The van der Waals surface area contributed by atoms with E-state index in [9.17, 15) is 14.7 Å². The molecule has 3 heterocycles. The van der Waals surface area contributed by atoms with Gasteiger partial charge in [0.15, 0.2) is 0 Å². The van der Waals surface area contributed by atoms with E-state index in [1.54, 1.807) is 4.90 Å². The number of carbonyl (C=O) groups is 2. The molecular formula is C40H65N3O6. The van der Waals surface area contributed by atoms with Crippen molar-refractivity contribution in [2.24, 2.45) is 56.7 Å². The van der Waals surface area contributed by atoms with Crippen molar-refractivity contribution in [1.82, 2.24) is 14.7 Å². The van der Waals surface area contributed by atoms with Crippen LogP contribution in [0.2, 0.25) is 0 Å². The second-order valence-corrected chi connectivity index (χ2v) is 19.8. The lowest BCUT2D eigenvalue weighted by Gasteiger charge is -2.63. The maximum Gasteiger partial charge on any atom is 0.410 e. The second-order valence-electron chi connectivity index (χ2n) is 19.8. The summed E-state index contributed by atoms with van der Waals surface area (Å²) < 4.78 is 19.6. The van der Waals surface area contributed by atoms with Crippen LogP contribution in [0.15, 0.2) is 0 Å². The Kier molecular flexibility index (Phi) is 7.89. The number of likely N-dealkylation sites (N-methyl/N-ethyl adjacent to an activating group) is 2. The van der Waals surface area contributed by atoms with E-state index in [2.05, 4.69) is 60.4 Å². The maximum absolute atomic E-state index is 13.3. The van der Waals surface area contributed by atoms with Gasteiger partial charge in [-0.05, 0) is 111 Å². The molecular weight excluding hydrogens is 618 g/mol. The predicted molar refractivity (Wildman–Crippen MR) is 187 cm³/mol. The molecule has 1 N–H and O–H groups in total. The van der Waals surface area contributed by atoms with Gasteiger partial charge in [0.2, 0.25) is 0 Å². The molecule has 8 aliphatic rings. The average molecular weight is 684 g/mol. The molecule has 3 unspecified atom stereocenters. The monoisotopic (exact) mass is 683 g/mol. The summed E-state index contributed by atoms with van der Waals surface area (Å²) in [7, 11) is 3.99. The fraction of sp³-hybridized carbons (Fsp3) is 0.950. The zero-order chi connectivity index (χ0) is 35.1. The molecule has 5 aliphatic carbocycles. The van der Waals surface area contributed by atoms with E-state index < -0.39 is 6.10 Å². The maximum atomic E-state index is 13.3. The molecule has 2 amide bonds. The molecule has 276 valence electrons. The number of hydrogen-bond donors (Lipinski definition) is 1. The highest BCUT2D eigenvalue weighted by Gasteiger charge is 2.84. The van der Waals surface area contributed by atoms with Crippen LogP contribution < -0.4 is 0 Å². The summed E-state index contributed by atoms with van der Waals surface area (Å²) in [5.74, 6) is 1.76. The van der Waals surface area contributed by atoms with Gasteiger partial charge in [0.25, 0.3) is 0 Å². The SMILES string of the molecule is CC(C)[C@@H](OC(=O)N1CCC1)C1C[C@@H](C)[C@H]2C(O1)[C@H](O)[C@@]1(C)C3CC[C@H]4C(C)(C)[C@@H](OC(=O)N(C)C5CN(C)C5)CC[C@@]45C[C@@]35CC[C@]21C. The van der Waals surface area contributed by atoms with Crippen LogP contribution in [0.1, 0.15) is 106 Å².